The van der Waals surface area contributed by atoms with Crippen LogP contribution < -0.4 is 0 Å². The van der Waals surface area contributed by atoms with Crippen LogP contribution in [0.4, 0.5) is 0 Å². The topological polar surface area (TPSA) is 18.5 Å². The molecule has 1 heterocycles. The number of rotatable bonds is 5. The summed E-state index contributed by atoms with van der Waals surface area (Å²) in [6.45, 7) is 9.33. The summed E-state index contributed by atoms with van der Waals surface area (Å²) in [6, 6.07) is 10.3. The second-order valence-electron chi connectivity index (χ2n) is 7.07. The maximum absolute atomic E-state index is 6.68. The van der Waals surface area contributed by atoms with E-state index in [1.807, 2.05) is 25.0 Å². The van der Waals surface area contributed by atoms with Crippen LogP contribution in [0, 0.1) is 11.8 Å². The molecule has 118 valence electrons. The van der Waals surface area contributed by atoms with Crippen LogP contribution in [-0.4, -0.2) is 24.0 Å². The van der Waals surface area contributed by atoms with Gasteiger partial charge in [0.05, 0.1) is 0 Å². The van der Waals surface area contributed by atoms with Crippen LogP contribution in [-0.2, 0) is 15.7 Å². The van der Waals surface area contributed by atoms with Gasteiger partial charge in [-0.1, -0.05) is 58.0 Å². The highest BCUT2D eigenvalue weighted by Gasteiger charge is 2.44. The molecule has 21 heavy (non-hydrogen) atoms. The van der Waals surface area contributed by atoms with Crippen molar-refractivity contribution in [2.45, 2.75) is 58.4 Å². The molecule has 4 heteroatoms. The summed E-state index contributed by atoms with van der Waals surface area (Å²) in [5.74, 6) is 0.864. The lowest BCUT2D eigenvalue weighted by molar-refractivity contribution is 0.0815. The Balaban J connectivity index is 2.11. The molecule has 1 aliphatic heterocycles. The zero-order valence-corrected chi connectivity index (χ0v) is 14.5. The van der Waals surface area contributed by atoms with Gasteiger partial charge in [-0.05, 0) is 29.1 Å². The fraction of sp³-hybridized carbons (Fsp3) is 0.647. The highest BCUT2D eigenvalue weighted by Crippen LogP contribution is 2.37. The molecule has 1 saturated heterocycles. The molecule has 1 aromatic carbocycles. The summed E-state index contributed by atoms with van der Waals surface area (Å²) in [5, 5.41) is -0.141. The number of hydrogen-bond acceptors (Lipinski definition) is 2. The number of alkyl halides is 1. The first kappa shape index (κ1) is 16.9. The van der Waals surface area contributed by atoms with Crippen molar-refractivity contribution >= 4 is 18.2 Å². The van der Waals surface area contributed by atoms with Gasteiger partial charge in [-0.15, -0.1) is 6.82 Å². The van der Waals surface area contributed by atoms with Crippen molar-refractivity contribution in [1.82, 2.24) is 0 Å². The van der Waals surface area contributed by atoms with Crippen LogP contribution in [0.3, 0.4) is 0 Å². The summed E-state index contributed by atoms with van der Waals surface area (Å²) in [5.41, 5.74) is 1.22. The SMILES string of the molecule is CC(C)[C@@H]1O[B-](C)([C@H](Cl)Cc2ccccc2)O[C@H]1C(C)C. The smallest absolute Gasteiger partial charge is 0.255 e. The standard InChI is InChI=1S/C17H27BClO2/c1-12(2)16-17(13(3)4)21-18(5,20-16)15(19)11-14-9-7-6-8-10-14/h6-10,12-13,15-17H,11H2,1-5H3/q-1/t15-,16+,17+/m1/s1. The van der Waals surface area contributed by atoms with Crippen molar-refractivity contribution in [3.63, 3.8) is 0 Å². The molecule has 0 saturated carbocycles. The van der Waals surface area contributed by atoms with Crippen molar-refractivity contribution in [1.29, 1.82) is 0 Å². The molecule has 2 rings (SSSR count). The molecule has 0 unspecified atom stereocenters. The second kappa shape index (κ2) is 6.72. The molecule has 0 aromatic heterocycles. The van der Waals surface area contributed by atoms with E-state index in [2.05, 4.69) is 39.8 Å². The fourth-order valence-electron chi connectivity index (χ4n) is 3.11. The molecule has 0 aliphatic carbocycles. The molecular weight excluding hydrogens is 282 g/mol. The van der Waals surface area contributed by atoms with Gasteiger partial charge < -0.3 is 9.31 Å². The van der Waals surface area contributed by atoms with E-state index in [0.29, 0.717) is 11.8 Å². The zero-order valence-electron chi connectivity index (χ0n) is 13.8. The van der Waals surface area contributed by atoms with Crippen molar-refractivity contribution in [3.05, 3.63) is 35.9 Å². The Morgan fingerprint density at radius 1 is 1.00 bits per heavy atom. The maximum atomic E-state index is 6.68. The quantitative estimate of drug-likeness (QED) is 0.587. The molecule has 0 amide bonds. The molecule has 0 N–H and O–H groups in total. The van der Waals surface area contributed by atoms with E-state index in [1.54, 1.807) is 0 Å². The van der Waals surface area contributed by atoms with Crippen LogP contribution in [0.25, 0.3) is 0 Å². The average Bonchev–Trinajstić information content (AvgIpc) is 2.80. The van der Waals surface area contributed by atoms with E-state index in [0.717, 1.165) is 6.42 Å². The van der Waals surface area contributed by atoms with Crippen LogP contribution >= 0.6 is 11.6 Å². The first-order chi connectivity index (χ1) is 9.83. The first-order valence-electron chi connectivity index (χ1n) is 8.05. The highest BCUT2D eigenvalue weighted by molar-refractivity contribution is 6.76. The number of hydrogen-bond donors (Lipinski definition) is 0. The molecule has 0 spiro atoms. The van der Waals surface area contributed by atoms with Gasteiger partial charge in [-0.25, -0.2) is 0 Å². The Labute approximate surface area is 134 Å². The minimum absolute atomic E-state index is 0.132. The average molecular weight is 310 g/mol. The van der Waals surface area contributed by atoms with Crippen molar-refractivity contribution in [3.8, 4) is 0 Å². The highest BCUT2D eigenvalue weighted by atomic mass is 35.5. The third-order valence-electron chi connectivity index (χ3n) is 4.42. The largest absolute Gasteiger partial charge is 0.563 e. The van der Waals surface area contributed by atoms with E-state index in [1.165, 1.54) is 5.56 Å². The summed E-state index contributed by atoms with van der Waals surface area (Å²) in [7, 11) is 0. The van der Waals surface area contributed by atoms with E-state index in [4.69, 9.17) is 20.9 Å². The monoisotopic (exact) mass is 309 g/mol. The predicted octanol–water partition coefficient (Wildman–Crippen LogP) is 4.54. The van der Waals surface area contributed by atoms with Gasteiger partial charge in [0.15, 0.2) is 0 Å². The summed E-state index contributed by atoms with van der Waals surface area (Å²) < 4.78 is 12.7. The zero-order chi connectivity index (χ0) is 15.6. The first-order valence-corrected chi connectivity index (χ1v) is 8.49. The van der Waals surface area contributed by atoms with E-state index in [9.17, 15) is 0 Å². The lowest BCUT2D eigenvalue weighted by Gasteiger charge is -2.36. The maximum Gasteiger partial charge on any atom is 0.255 e. The summed E-state index contributed by atoms with van der Waals surface area (Å²) >= 11 is 6.68. The van der Waals surface area contributed by atoms with Crippen LogP contribution in [0.5, 0.6) is 0 Å². The van der Waals surface area contributed by atoms with Gasteiger partial charge in [-0.2, -0.15) is 11.6 Å². The third-order valence-corrected chi connectivity index (χ3v) is 5.04. The second-order valence-corrected chi connectivity index (χ2v) is 7.63. The molecule has 1 aliphatic rings. The Morgan fingerprint density at radius 3 is 1.90 bits per heavy atom. The lowest BCUT2D eigenvalue weighted by atomic mass is 9.55. The number of halogens is 1. The van der Waals surface area contributed by atoms with Gasteiger partial charge in [0.1, 0.15) is 0 Å². The summed E-state index contributed by atoms with van der Waals surface area (Å²) in [4.78, 5) is 0. The van der Waals surface area contributed by atoms with Crippen molar-refractivity contribution in [2.24, 2.45) is 11.8 Å². The number of benzene rings is 1. The molecule has 0 bridgehead atoms. The normalized spacial score (nSPS) is 26.5. The Hall–Kier alpha value is -0.505. The lowest BCUT2D eigenvalue weighted by Crippen LogP contribution is -2.46. The third kappa shape index (κ3) is 3.83. The van der Waals surface area contributed by atoms with Gasteiger partial charge in [0, 0.05) is 12.2 Å². The molecule has 1 aromatic rings. The fourth-order valence-corrected chi connectivity index (χ4v) is 3.40. The minimum atomic E-state index is -1.46. The Bertz CT molecular complexity index is 433. The molecule has 2 nitrogen and oxygen atoms in total. The van der Waals surface area contributed by atoms with Gasteiger partial charge in [0.25, 0.3) is 6.55 Å². The molecule has 0 radical (unpaired) electrons. The molecular formula is C17H27BClO2-. The Kier molecular flexibility index (Phi) is 5.40. The van der Waals surface area contributed by atoms with E-state index < -0.39 is 6.55 Å². The van der Waals surface area contributed by atoms with E-state index >= 15 is 0 Å². The van der Waals surface area contributed by atoms with Crippen LogP contribution in [0.2, 0.25) is 6.82 Å². The predicted molar refractivity (Wildman–Crippen MR) is 90.8 cm³/mol. The van der Waals surface area contributed by atoms with Crippen molar-refractivity contribution < 1.29 is 9.31 Å². The van der Waals surface area contributed by atoms with E-state index in [-0.39, 0.29) is 17.5 Å². The van der Waals surface area contributed by atoms with Gasteiger partial charge in [-0.3, -0.25) is 0 Å². The van der Waals surface area contributed by atoms with Crippen LogP contribution in [0.15, 0.2) is 30.3 Å². The van der Waals surface area contributed by atoms with Gasteiger partial charge >= 0.3 is 0 Å². The van der Waals surface area contributed by atoms with Gasteiger partial charge in [0.2, 0.25) is 0 Å². The Morgan fingerprint density at radius 2 is 1.48 bits per heavy atom. The van der Waals surface area contributed by atoms with Crippen LogP contribution in [0.1, 0.15) is 33.3 Å². The van der Waals surface area contributed by atoms with Crippen molar-refractivity contribution in [2.75, 3.05) is 0 Å². The molecule has 3 atom stereocenters. The summed E-state index contributed by atoms with van der Waals surface area (Å²) in [6.07, 6.45) is 1.04. The molecule has 1 fully saturated rings. The minimum Gasteiger partial charge on any atom is -0.563 e.